The lowest BCUT2D eigenvalue weighted by Crippen LogP contribution is -2.45. The molecule has 5 heteroatoms. The van der Waals surface area contributed by atoms with Gasteiger partial charge in [0.1, 0.15) is 0 Å². The maximum atomic E-state index is 12.6. The van der Waals surface area contributed by atoms with Gasteiger partial charge in [-0.2, -0.15) is 5.10 Å². The summed E-state index contributed by atoms with van der Waals surface area (Å²) in [7, 11) is 0. The fourth-order valence-electron chi connectivity index (χ4n) is 3.45. The van der Waals surface area contributed by atoms with E-state index in [1.165, 1.54) is 12.8 Å². The van der Waals surface area contributed by atoms with Gasteiger partial charge >= 0.3 is 0 Å². The molecule has 1 aromatic heterocycles. The minimum Gasteiger partial charge on any atom is -0.342 e. The van der Waals surface area contributed by atoms with Crippen molar-refractivity contribution in [3.63, 3.8) is 0 Å². The lowest BCUT2D eigenvalue weighted by Gasteiger charge is -2.32. The number of carbonyl (C=O) groups is 1. The summed E-state index contributed by atoms with van der Waals surface area (Å²) in [6.07, 6.45) is 9.12. The Balaban J connectivity index is 1.27. The summed E-state index contributed by atoms with van der Waals surface area (Å²) < 4.78 is 1.83. The molecule has 1 N–H and O–H groups in total. The minimum atomic E-state index is 0.216. The van der Waals surface area contributed by atoms with E-state index in [1.54, 1.807) is 6.20 Å². The molecule has 132 valence electrons. The molecule has 0 atom stereocenters. The molecule has 4 rings (SSSR count). The average Bonchev–Trinajstić information content (AvgIpc) is 3.38. The van der Waals surface area contributed by atoms with Crippen LogP contribution in [0.4, 0.5) is 0 Å². The molecule has 1 amide bonds. The highest BCUT2D eigenvalue weighted by molar-refractivity contribution is 5.78. The molecule has 0 bridgehead atoms. The second kappa shape index (κ2) is 7.40. The van der Waals surface area contributed by atoms with Crippen molar-refractivity contribution in [1.29, 1.82) is 0 Å². The lowest BCUT2D eigenvalue weighted by molar-refractivity contribution is -0.131. The standard InChI is InChI=1S/C20H26N4O/c25-20(23-10-8-18(9-11-23)21-13-16-6-7-16)12-17-14-22-24(15-17)19-4-2-1-3-5-19/h1-5,14-16,18,21H,6-13H2. The normalized spacial score (nSPS) is 18.5. The van der Waals surface area contributed by atoms with Gasteiger partial charge in [-0.1, -0.05) is 18.2 Å². The molecule has 1 aliphatic heterocycles. The maximum absolute atomic E-state index is 12.6. The van der Waals surface area contributed by atoms with Crippen LogP contribution in [0, 0.1) is 5.92 Å². The van der Waals surface area contributed by atoms with Crippen molar-refractivity contribution in [2.24, 2.45) is 5.92 Å². The molecule has 1 aliphatic carbocycles. The first-order valence-electron chi connectivity index (χ1n) is 9.38. The van der Waals surface area contributed by atoms with Crippen LogP contribution in [-0.2, 0) is 11.2 Å². The van der Waals surface area contributed by atoms with E-state index in [2.05, 4.69) is 10.4 Å². The molecule has 2 aromatic rings. The summed E-state index contributed by atoms with van der Waals surface area (Å²) in [4.78, 5) is 14.6. The van der Waals surface area contributed by atoms with Crippen LogP contribution in [0.15, 0.2) is 42.7 Å². The van der Waals surface area contributed by atoms with Crippen LogP contribution in [0.3, 0.4) is 0 Å². The van der Waals surface area contributed by atoms with Gasteiger partial charge in [-0.3, -0.25) is 4.79 Å². The van der Waals surface area contributed by atoms with E-state index < -0.39 is 0 Å². The number of carbonyl (C=O) groups excluding carboxylic acids is 1. The number of likely N-dealkylation sites (tertiary alicyclic amines) is 1. The number of nitrogens with zero attached hydrogens (tertiary/aromatic N) is 3. The van der Waals surface area contributed by atoms with E-state index in [9.17, 15) is 4.79 Å². The SMILES string of the molecule is O=C(Cc1cnn(-c2ccccc2)c1)N1CCC(NCC2CC2)CC1. The minimum absolute atomic E-state index is 0.216. The van der Waals surface area contributed by atoms with Crippen LogP contribution >= 0.6 is 0 Å². The zero-order valence-electron chi connectivity index (χ0n) is 14.6. The van der Waals surface area contributed by atoms with E-state index in [4.69, 9.17) is 0 Å². The van der Waals surface area contributed by atoms with Gasteiger partial charge in [0.15, 0.2) is 0 Å². The van der Waals surface area contributed by atoms with Gasteiger partial charge in [0.05, 0.1) is 18.3 Å². The van der Waals surface area contributed by atoms with E-state index in [-0.39, 0.29) is 5.91 Å². The van der Waals surface area contributed by atoms with Crippen molar-refractivity contribution in [3.8, 4) is 5.69 Å². The second-order valence-corrected chi connectivity index (χ2v) is 7.31. The number of benzene rings is 1. The molecular weight excluding hydrogens is 312 g/mol. The van der Waals surface area contributed by atoms with Crippen LogP contribution in [0.25, 0.3) is 5.69 Å². The number of nitrogens with one attached hydrogen (secondary N) is 1. The zero-order valence-corrected chi connectivity index (χ0v) is 14.6. The molecule has 1 saturated heterocycles. The predicted molar refractivity (Wildman–Crippen MR) is 97.6 cm³/mol. The molecule has 25 heavy (non-hydrogen) atoms. The third-order valence-corrected chi connectivity index (χ3v) is 5.25. The summed E-state index contributed by atoms with van der Waals surface area (Å²) in [5, 5.41) is 8.04. The summed E-state index contributed by atoms with van der Waals surface area (Å²) in [6, 6.07) is 10.6. The predicted octanol–water partition coefficient (Wildman–Crippen LogP) is 2.41. The van der Waals surface area contributed by atoms with Crippen LogP contribution in [-0.4, -0.2) is 46.3 Å². The smallest absolute Gasteiger partial charge is 0.227 e. The Hall–Kier alpha value is -2.14. The largest absolute Gasteiger partial charge is 0.342 e. The Morgan fingerprint density at radius 2 is 1.88 bits per heavy atom. The first kappa shape index (κ1) is 16.3. The number of rotatable bonds is 6. The van der Waals surface area contributed by atoms with E-state index in [0.29, 0.717) is 12.5 Å². The Morgan fingerprint density at radius 3 is 2.60 bits per heavy atom. The first-order valence-corrected chi connectivity index (χ1v) is 9.38. The molecule has 2 fully saturated rings. The molecule has 0 unspecified atom stereocenters. The Morgan fingerprint density at radius 1 is 1.12 bits per heavy atom. The van der Waals surface area contributed by atoms with Gasteiger partial charge in [0.25, 0.3) is 0 Å². The van der Waals surface area contributed by atoms with Crippen molar-refractivity contribution < 1.29 is 4.79 Å². The van der Waals surface area contributed by atoms with E-state index in [0.717, 1.165) is 49.6 Å². The fourth-order valence-corrected chi connectivity index (χ4v) is 3.45. The topological polar surface area (TPSA) is 50.2 Å². The van der Waals surface area contributed by atoms with E-state index >= 15 is 0 Å². The van der Waals surface area contributed by atoms with Crippen molar-refractivity contribution in [2.75, 3.05) is 19.6 Å². The third-order valence-electron chi connectivity index (χ3n) is 5.25. The maximum Gasteiger partial charge on any atom is 0.227 e. The Kier molecular flexibility index (Phi) is 4.83. The number of hydrogen-bond donors (Lipinski definition) is 1. The Labute approximate surface area is 149 Å². The van der Waals surface area contributed by atoms with Crippen LogP contribution < -0.4 is 5.32 Å². The molecular formula is C20H26N4O. The van der Waals surface area contributed by atoms with Gasteiger partial charge in [0, 0.05) is 25.3 Å². The zero-order chi connectivity index (χ0) is 17.1. The summed E-state index contributed by atoms with van der Waals surface area (Å²) in [6.45, 7) is 2.90. The molecule has 1 saturated carbocycles. The van der Waals surface area contributed by atoms with Crippen LogP contribution in [0.2, 0.25) is 0 Å². The van der Waals surface area contributed by atoms with Crippen molar-refractivity contribution >= 4 is 5.91 Å². The molecule has 0 spiro atoms. The number of piperidine rings is 1. The summed E-state index contributed by atoms with van der Waals surface area (Å²) >= 11 is 0. The second-order valence-electron chi connectivity index (χ2n) is 7.31. The molecule has 2 heterocycles. The van der Waals surface area contributed by atoms with Gasteiger partial charge in [-0.05, 0) is 55.8 Å². The summed E-state index contributed by atoms with van der Waals surface area (Å²) in [5.41, 5.74) is 1.99. The van der Waals surface area contributed by atoms with Crippen molar-refractivity contribution in [1.82, 2.24) is 20.0 Å². The molecule has 0 radical (unpaired) electrons. The van der Waals surface area contributed by atoms with E-state index in [1.807, 2.05) is 46.1 Å². The van der Waals surface area contributed by atoms with Gasteiger partial charge in [-0.25, -0.2) is 4.68 Å². The fraction of sp³-hybridized carbons (Fsp3) is 0.500. The van der Waals surface area contributed by atoms with Crippen molar-refractivity contribution in [2.45, 2.75) is 38.1 Å². The van der Waals surface area contributed by atoms with Crippen molar-refractivity contribution in [3.05, 3.63) is 48.3 Å². The Bertz CT molecular complexity index is 699. The highest BCUT2D eigenvalue weighted by Gasteiger charge is 2.26. The molecule has 1 aromatic carbocycles. The lowest BCUT2D eigenvalue weighted by atomic mass is 10.0. The molecule has 5 nitrogen and oxygen atoms in total. The van der Waals surface area contributed by atoms with Gasteiger partial charge < -0.3 is 10.2 Å². The van der Waals surface area contributed by atoms with Gasteiger partial charge in [0.2, 0.25) is 5.91 Å². The number of aromatic nitrogens is 2. The first-order chi connectivity index (χ1) is 12.3. The highest BCUT2D eigenvalue weighted by Crippen LogP contribution is 2.28. The summed E-state index contributed by atoms with van der Waals surface area (Å²) in [5.74, 6) is 1.13. The third kappa shape index (κ3) is 4.28. The van der Waals surface area contributed by atoms with Crippen LogP contribution in [0.1, 0.15) is 31.2 Å². The van der Waals surface area contributed by atoms with Crippen LogP contribution in [0.5, 0.6) is 0 Å². The number of para-hydroxylation sites is 1. The van der Waals surface area contributed by atoms with Gasteiger partial charge in [-0.15, -0.1) is 0 Å². The average molecular weight is 338 g/mol. The molecule has 2 aliphatic rings. The monoisotopic (exact) mass is 338 g/mol. The highest BCUT2D eigenvalue weighted by atomic mass is 16.2. The number of amides is 1. The quantitative estimate of drug-likeness (QED) is 0.880. The number of hydrogen-bond acceptors (Lipinski definition) is 3.